The van der Waals surface area contributed by atoms with Gasteiger partial charge in [0.25, 0.3) is 5.91 Å². The third-order valence-corrected chi connectivity index (χ3v) is 4.27. The average Bonchev–Trinajstić information content (AvgIpc) is 2.45. The number of carbonyl (C=O) groups is 1. The quantitative estimate of drug-likeness (QED) is 0.850. The van der Waals surface area contributed by atoms with E-state index in [1.807, 2.05) is 39.0 Å². The van der Waals surface area contributed by atoms with E-state index in [1.54, 1.807) is 4.90 Å². The van der Waals surface area contributed by atoms with E-state index in [2.05, 4.69) is 0 Å². The Bertz CT molecular complexity index is 567. The number of thiocarbonyl (C=S) groups is 1. The van der Waals surface area contributed by atoms with Crippen molar-refractivity contribution in [2.45, 2.75) is 45.6 Å². The Morgan fingerprint density at radius 2 is 2.05 bits per heavy atom. The fourth-order valence-corrected chi connectivity index (χ4v) is 2.77. The third kappa shape index (κ3) is 2.88. The van der Waals surface area contributed by atoms with Crippen molar-refractivity contribution in [2.75, 3.05) is 11.4 Å². The number of anilines is 1. The summed E-state index contributed by atoms with van der Waals surface area (Å²) in [5, 5.41) is 0. The number of nitrogens with zero attached hydrogens (tertiary/aromatic N) is 1. The Balaban J connectivity index is 2.46. The van der Waals surface area contributed by atoms with Gasteiger partial charge < -0.3 is 15.4 Å². The molecule has 2 rings (SSSR count). The number of rotatable bonds is 5. The van der Waals surface area contributed by atoms with E-state index in [-0.39, 0.29) is 5.91 Å². The zero-order valence-electron chi connectivity index (χ0n) is 12.8. The summed E-state index contributed by atoms with van der Waals surface area (Å²) in [6.45, 7) is 6.47. The summed E-state index contributed by atoms with van der Waals surface area (Å²) in [4.78, 5) is 15.1. The van der Waals surface area contributed by atoms with Crippen molar-refractivity contribution in [1.29, 1.82) is 0 Å². The van der Waals surface area contributed by atoms with Gasteiger partial charge in [0.15, 0.2) is 5.60 Å². The predicted molar refractivity (Wildman–Crippen MR) is 88.9 cm³/mol. The average molecular weight is 306 g/mol. The summed E-state index contributed by atoms with van der Waals surface area (Å²) in [5.41, 5.74) is 6.73. The number of hydrogen-bond acceptors (Lipinski definition) is 3. The highest BCUT2D eigenvalue weighted by Crippen LogP contribution is 2.41. The van der Waals surface area contributed by atoms with Crippen molar-refractivity contribution in [3.63, 3.8) is 0 Å². The molecule has 0 aliphatic carbocycles. The van der Waals surface area contributed by atoms with Crippen LogP contribution in [0.15, 0.2) is 18.2 Å². The molecule has 5 heteroatoms. The Labute approximate surface area is 131 Å². The van der Waals surface area contributed by atoms with Crippen LogP contribution in [0.3, 0.4) is 0 Å². The monoisotopic (exact) mass is 306 g/mol. The van der Waals surface area contributed by atoms with Crippen LogP contribution in [0.4, 0.5) is 5.69 Å². The van der Waals surface area contributed by atoms with Gasteiger partial charge in [-0.3, -0.25) is 4.79 Å². The molecule has 1 amide bonds. The van der Waals surface area contributed by atoms with Crippen LogP contribution < -0.4 is 15.4 Å². The van der Waals surface area contributed by atoms with E-state index in [4.69, 9.17) is 22.7 Å². The van der Waals surface area contributed by atoms with Crippen LogP contribution in [0, 0.1) is 6.92 Å². The summed E-state index contributed by atoms with van der Waals surface area (Å²) in [5.74, 6) is 0.765. The lowest BCUT2D eigenvalue weighted by atomic mass is 9.92. The van der Waals surface area contributed by atoms with E-state index < -0.39 is 5.60 Å². The highest BCUT2D eigenvalue weighted by Gasteiger charge is 2.45. The smallest absolute Gasteiger partial charge is 0.271 e. The Morgan fingerprint density at radius 3 is 2.62 bits per heavy atom. The zero-order chi connectivity index (χ0) is 15.6. The van der Waals surface area contributed by atoms with Gasteiger partial charge in [-0.15, -0.1) is 0 Å². The maximum Gasteiger partial charge on any atom is 0.271 e. The molecule has 0 fully saturated rings. The van der Waals surface area contributed by atoms with Crippen LogP contribution in [0.2, 0.25) is 0 Å². The van der Waals surface area contributed by atoms with Crippen molar-refractivity contribution in [3.8, 4) is 5.75 Å². The molecule has 4 nitrogen and oxygen atoms in total. The Kier molecular flexibility index (Phi) is 4.52. The van der Waals surface area contributed by atoms with Gasteiger partial charge in [0.1, 0.15) is 5.75 Å². The van der Waals surface area contributed by atoms with Crippen LogP contribution in [0.5, 0.6) is 5.75 Å². The van der Waals surface area contributed by atoms with Crippen molar-refractivity contribution in [2.24, 2.45) is 5.73 Å². The molecule has 1 aliphatic heterocycles. The molecule has 0 saturated heterocycles. The minimum absolute atomic E-state index is 0.0000954. The molecule has 0 unspecified atom stereocenters. The highest BCUT2D eigenvalue weighted by atomic mass is 32.1. The number of amides is 1. The second-order valence-corrected chi connectivity index (χ2v) is 5.97. The standard InChI is InChI=1S/C16H22N2O2S/c1-4-16(5-2)15(19)18(9-8-14(17)21)12-7-6-11(3)10-13(12)20-16/h6-7,10H,4-5,8-9H2,1-3H3,(H2,17,21). The topological polar surface area (TPSA) is 55.6 Å². The first-order chi connectivity index (χ1) is 9.93. The fourth-order valence-electron chi connectivity index (χ4n) is 2.68. The van der Waals surface area contributed by atoms with Gasteiger partial charge in [-0.2, -0.15) is 0 Å². The predicted octanol–water partition coefficient (Wildman–Crippen LogP) is 2.96. The molecule has 1 aromatic carbocycles. The fraction of sp³-hybridized carbons (Fsp3) is 0.500. The second kappa shape index (κ2) is 6.02. The van der Waals surface area contributed by atoms with Gasteiger partial charge in [0.2, 0.25) is 0 Å². The summed E-state index contributed by atoms with van der Waals surface area (Å²) < 4.78 is 6.09. The number of hydrogen-bond donors (Lipinski definition) is 1. The largest absolute Gasteiger partial charge is 0.475 e. The lowest BCUT2D eigenvalue weighted by Gasteiger charge is -2.42. The maximum atomic E-state index is 12.9. The molecule has 0 atom stereocenters. The first-order valence-electron chi connectivity index (χ1n) is 7.33. The summed E-state index contributed by atoms with van der Waals surface area (Å²) in [6.07, 6.45) is 1.79. The molecule has 0 radical (unpaired) electrons. The van der Waals surface area contributed by atoms with E-state index in [9.17, 15) is 4.79 Å². The summed E-state index contributed by atoms with van der Waals surface area (Å²) >= 11 is 4.94. The molecule has 21 heavy (non-hydrogen) atoms. The molecule has 0 aromatic heterocycles. The number of carbonyl (C=O) groups excluding carboxylic acids is 1. The van der Waals surface area contributed by atoms with Gasteiger partial charge in [0, 0.05) is 13.0 Å². The van der Waals surface area contributed by atoms with E-state index in [0.717, 1.165) is 17.0 Å². The van der Waals surface area contributed by atoms with E-state index in [1.165, 1.54) is 0 Å². The van der Waals surface area contributed by atoms with Gasteiger partial charge in [-0.05, 0) is 37.5 Å². The maximum absolute atomic E-state index is 12.9. The second-order valence-electron chi connectivity index (χ2n) is 5.45. The molecule has 0 spiro atoms. The minimum Gasteiger partial charge on any atom is -0.475 e. The molecule has 0 bridgehead atoms. The van der Waals surface area contributed by atoms with E-state index >= 15 is 0 Å². The Hall–Kier alpha value is -1.62. The van der Waals surface area contributed by atoms with Crippen molar-refractivity contribution >= 4 is 28.8 Å². The Morgan fingerprint density at radius 1 is 1.38 bits per heavy atom. The minimum atomic E-state index is -0.781. The highest BCUT2D eigenvalue weighted by molar-refractivity contribution is 7.80. The summed E-state index contributed by atoms with van der Waals surface area (Å²) in [6, 6.07) is 5.89. The van der Waals surface area contributed by atoms with Crippen LogP contribution in [-0.4, -0.2) is 23.0 Å². The molecule has 1 aromatic rings. The molecule has 1 heterocycles. The molecular formula is C16H22N2O2S. The zero-order valence-corrected chi connectivity index (χ0v) is 13.6. The molecule has 2 N–H and O–H groups in total. The first-order valence-corrected chi connectivity index (χ1v) is 7.74. The summed E-state index contributed by atoms with van der Waals surface area (Å²) in [7, 11) is 0. The molecule has 0 saturated carbocycles. The molecular weight excluding hydrogens is 284 g/mol. The van der Waals surface area contributed by atoms with Crippen molar-refractivity contribution in [1.82, 2.24) is 0 Å². The van der Waals surface area contributed by atoms with Crippen LogP contribution in [0.1, 0.15) is 38.7 Å². The normalized spacial score (nSPS) is 16.3. The number of aryl methyl sites for hydroxylation is 1. The first kappa shape index (κ1) is 15.8. The number of fused-ring (bicyclic) bond motifs is 1. The van der Waals surface area contributed by atoms with Crippen LogP contribution >= 0.6 is 12.2 Å². The van der Waals surface area contributed by atoms with Crippen molar-refractivity contribution < 1.29 is 9.53 Å². The SMILES string of the molecule is CCC1(CC)Oc2cc(C)ccc2N(CCC(N)=S)C1=O. The number of benzene rings is 1. The van der Waals surface area contributed by atoms with Crippen molar-refractivity contribution in [3.05, 3.63) is 23.8 Å². The van der Waals surface area contributed by atoms with Crippen LogP contribution in [-0.2, 0) is 4.79 Å². The van der Waals surface area contributed by atoms with Gasteiger partial charge in [-0.1, -0.05) is 32.1 Å². The molecule has 114 valence electrons. The lowest BCUT2D eigenvalue weighted by molar-refractivity contribution is -0.136. The number of nitrogens with two attached hydrogens (primary N) is 1. The van der Waals surface area contributed by atoms with Gasteiger partial charge in [-0.25, -0.2) is 0 Å². The lowest BCUT2D eigenvalue weighted by Crippen LogP contribution is -2.56. The van der Waals surface area contributed by atoms with E-state index in [0.29, 0.717) is 30.8 Å². The molecule has 1 aliphatic rings. The van der Waals surface area contributed by atoms with Crippen LogP contribution in [0.25, 0.3) is 0 Å². The third-order valence-electron chi connectivity index (χ3n) is 4.07. The van der Waals surface area contributed by atoms with Gasteiger partial charge >= 0.3 is 0 Å². The number of ether oxygens (including phenoxy) is 1. The van der Waals surface area contributed by atoms with Gasteiger partial charge in [0.05, 0.1) is 10.7 Å².